The maximum atomic E-state index is 11.3. The second kappa shape index (κ2) is 12.4. The van der Waals surface area contributed by atoms with E-state index in [9.17, 15) is 19.8 Å². The van der Waals surface area contributed by atoms with Gasteiger partial charge in [0.2, 0.25) is 0 Å². The number of benzene rings is 2. The van der Waals surface area contributed by atoms with Gasteiger partial charge in [-0.3, -0.25) is 0 Å². The number of hydrogen-bond acceptors (Lipinski definition) is 4. The van der Waals surface area contributed by atoms with E-state index >= 15 is 0 Å². The standard InChI is InChI=1S/C27H28N2O4Se2.BrH/c1-4-19(15-24-28(11-9-26(30)31)20-13-17(2)5-7-22(20)34-24)16-25-29(12-10-27(32)33)21-14-18(3)6-8-23(21)35-25;/h5-8,13-16H,4,9-12H2,1-3H3,(H-,30,31,32,33);1H. The minimum atomic E-state index is -1.05. The van der Waals surface area contributed by atoms with Crippen LogP contribution < -0.4 is 19.0 Å². The van der Waals surface area contributed by atoms with Gasteiger partial charge in [-0.05, 0) is 0 Å². The number of allylic oxidation sites excluding steroid dienone is 2. The average Bonchev–Trinajstić information content (AvgIpc) is 3.31. The number of nitrogens with zero attached hydrogens (tertiary/aromatic N) is 2. The van der Waals surface area contributed by atoms with E-state index in [0.29, 0.717) is 13.1 Å². The molecule has 2 aromatic carbocycles. The van der Waals surface area contributed by atoms with Crippen LogP contribution >= 0.6 is 17.0 Å². The number of halogens is 1. The molecule has 9 heteroatoms. The van der Waals surface area contributed by atoms with E-state index in [2.05, 4.69) is 71.9 Å². The van der Waals surface area contributed by atoms with Crippen molar-refractivity contribution in [3.63, 3.8) is 0 Å². The van der Waals surface area contributed by atoms with Crippen molar-refractivity contribution < 1.29 is 24.4 Å². The number of fused-ring (bicyclic) bond motifs is 2. The molecule has 36 heavy (non-hydrogen) atoms. The van der Waals surface area contributed by atoms with E-state index in [0.717, 1.165) is 43.5 Å². The molecule has 0 saturated heterocycles. The van der Waals surface area contributed by atoms with Gasteiger partial charge in [0.25, 0.3) is 0 Å². The Morgan fingerprint density at radius 2 is 1.83 bits per heavy atom. The zero-order valence-electron chi connectivity index (χ0n) is 20.4. The number of aliphatic carboxylic acids is 2. The van der Waals surface area contributed by atoms with Crippen molar-refractivity contribution in [2.75, 3.05) is 11.4 Å². The number of hydrogen-bond donors (Lipinski definition) is 1. The van der Waals surface area contributed by atoms with Crippen LogP contribution in [0.5, 0.6) is 0 Å². The molecule has 3 aromatic rings. The SMILES string of the molecule is Br.CCC(=Cc1[se]c2ccc(C)cc2[n+]1CCC(=O)[O-])C=C1[Se]c2ccc(C)cc2N1CCC(=O)O. The molecule has 1 aliphatic rings. The van der Waals surface area contributed by atoms with Crippen molar-refractivity contribution in [2.24, 2.45) is 0 Å². The summed E-state index contributed by atoms with van der Waals surface area (Å²) < 4.78 is 6.96. The molecule has 0 saturated carbocycles. The fourth-order valence-electron chi connectivity index (χ4n) is 4.07. The van der Waals surface area contributed by atoms with Gasteiger partial charge in [0.05, 0.1) is 0 Å². The number of carboxylic acid groups (broad SMARTS) is 2. The molecule has 0 atom stereocenters. The van der Waals surface area contributed by atoms with Gasteiger partial charge in [0.1, 0.15) is 0 Å². The topological polar surface area (TPSA) is 84.5 Å². The molecular formula is C27H29BrN2O4Se2. The number of aromatic nitrogens is 1. The molecule has 0 amide bonds. The van der Waals surface area contributed by atoms with Crippen LogP contribution in [0.3, 0.4) is 0 Å². The summed E-state index contributed by atoms with van der Waals surface area (Å²) in [6.07, 6.45) is 5.30. The molecule has 0 radical (unpaired) electrons. The van der Waals surface area contributed by atoms with E-state index < -0.39 is 11.9 Å². The van der Waals surface area contributed by atoms with Crippen molar-refractivity contribution in [2.45, 2.75) is 46.6 Å². The summed E-state index contributed by atoms with van der Waals surface area (Å²) in [5.74, 6) is -1.85. The fraction of sp³-hybridized carbons (Fsp3) is 0.296. The Kier molecular flexibility index (Phi) is 9.79. The predicted octanol–water partition coefficient (Wildman–Crippen LogP) is 2.48. The summed E-state index contributed by atoms with van der Waals surface area (Å²) in [4.78, 5) is 24.7. The number of rotatable bonds is 9. The molecule has 0 bridgehead atoms. The Balaban J connectivity index is 0.00000361. The van der Waals surface area contributed by atoms with Crippen molar-refractivity contribution in [3.8, 4) is 0 Å². The summed E-state index contributed by atoms with van der Waals surface area (Å²) in [7, 11) is 0. The second-order valence-corrected chi connectivity index (χ2v) is 13.1. The van der Waals surface area contributed by atoms with Gasteiger partial charge in [0.15, 0.2) is 0 Å². The zero-order chi connectivity index (χ0) is 25.1. The van der Waals surface area contributed by atoms with Crippen molar-refractivity contribution >= 4 is 84.4 Å². The molecule has 6 nitrogen and oxygen atoms in total. The van der Waals surface area contributed by atoms with Crippen LogP contribution in [0.2, 0.25) is 0 Å². The first-order valence-corrected chi connectivity index (χ1v) is 15.0. The summed E-state index contributed by atoms with van der Waals surface area (Å²) >= 11 is 0.174. The van der Waals surface area contributed by atoms with Gasteiger partial charge in [-0.2, -0.15) is 0 Å². The Bertz CT molecular complexity index is 1360. The first kappa shape index (κ1) is 28.4. The van der Waals surface area contributed by atoms with Crippen molar-refractivity contribution in [3.05, 3.63) is 68.3 Å². The summed E-state index contributed by atoms with van der Waals surface area (Å²) in [6.45, 7) is 7.06. The van der Waals surface area contributed by atoms with Gasteiger partial charge in [-0.25, -0.2) is 0 Å². The Labute approximate surface area is 234 Å². The molecule has 0 aliphatic carbocycles. The Morgan fingerprint density at radius 1 is 1.11 bits per heavy atom. The third-order valence-corrected chi connectivity index (χ3v) is 10.6. The summed E-state index contributed by atoms with van der Waals surface area (Å²) in [5, 5.41) is 20.5. The Hall–Kier alpha value is -2.15. The van der Waals surface area contributed by atoms with Crippen LogP contribution in [0.4, 0.5) is 5.69 Å². The van der Waals surface area contributed by atoms with Crippen LogP contribution in [0.25, 0.3) is 15.9 Å². The molecule has 1 aromatic heterocycles. The van der Waals surface area contributed by atoms with Crippen molar-refractivity contribution in [1.82, 2.24) is 0 Å². The molecule has 4 rings (SSSR count). The van der Waals surface area contributed by atoms with E-state index in [1.54, 1.807) is 0 Å². The van der Waals surface area contributed by atoms with Crippen LogP contribution in [0.1, 0.15) is 41.9 Å². The average molecular weight is 683 g/mol. The first-order chi connectivity index (χ1) is 16.7. The number of anilines is 1. The molecule has 0 unspecified atom stereocenters. The second-order valence-electron chi connectivity index (χ2n) is 8.61. The van der Waals surface area contributed by atoms with Gasteiger partial charge >= 0.3 is 218 Å². The van der Waals surface area contributed by atoms with E-state index in [4.69, 9.17) is 0 Å². The minimum absolute atomic E-state index is 0. The number of carboxylic acids is 2. The third-order valence-electron chi connectivity index (χ3n) is 5.89. The molecule has 1 N–H and O–H groups in total. The molecule has 2 heterocycles. The van der Waals surface area contributed by atoms with E-state index in [1.165, 1.54) is 8.72 Å². The van der Waals surface area contributed by atoms with E-state index in [1.807, 2.05) is 6.92 Å². The van der Waals surface area contributed by atoms with Crippen LogP contribution in [-0.4, -0.2) is 53.1 Å². The maximum absolute atomic E-state index is 11.3. The summed E-state index contributed by atoms with van der Waals surface area (Å²) in [6, 6.07) is 12.8. The zero-order valence-corrected chi connectivity index (χ0v) is 25.6. The molecule has 0 spiro atoms. The summed E-state index contributed by atoms with van der Waals surface area (Å²) in [5.41, 5.74) is 5.68. The Morgan fingerprint density at radius 3 is 2.53 bits per heavy atom. The normalized spacial score (nSPS) is 14.2. The van der Waals surface area contributed by atoms with Crippen LogP contribution in [-0.2, 0) is 16.1 Å². The van der Waals surface area contributed by atoms with Gasteiger partial charge in [-0.1, -0.05) is 0 Å². The van der Waals surface area contributed by atoms with Gasteiger partial charge in [-0.15, -0.1) is 17.0 Å². The van der Waals surface area contributed by atoms with Crippen LogP contribution in [0, 0.1) is 13.8 Å². The molecule has 1 aliphatic heterocycles. The number of carbonyl (C=O) groups is 2. The monoisotopic (exact) mass is 684 g/mol. The molecule has 0 fully saturated rings. The van der Waals surface area contributed by atoms with Gasteiger partial charge < -0.3 is 0 Å². The number of carbonyl (C=O) groups excluding carboxylic acids is 1. The number of aryl methyl sites for hydroxylation is 3. The predicted molar refractivity (Wildman–Crippen MR) is 148 cm³/mol. The first-order valence-electron chi connectivity index (χ1n) is 11.6. The molecule has 190 valence electrons. The van der Waals surface area contributed by atoms with Gasteiger partial charge in [0, 0.05) is 0 Å². The molecular weight excluding hydrogens is 654 g/mol. The van der Waals surface area contributed by atoms with E-state index in [-0.39, 0.29) is 59.3 Å². The third kappa shape index (κ3) is 6.58. The van der Waals surface area contributed by atoms with Crippen molar-refractivity contribution in [1.29, 1.82) is 0 Å². The van der Waals surface area contributed by atoms with Crippen LogP contribution in [0.15, 0.2) is 52.6 Å². The fourth-order valence-corrected chi connectivity index (χ4v) is 8.88. The quantitative estimate of drug-likeness (QED) is 0.277.